The summed E-state index contributed by atoms with van der Waals surface area (Å²) in [4.78, 5) is 1.24. The summed E-state index contributed by atoms with van der Waals surface area (Å²) in [5, 5.41) is 3.63. The van der Waals surface area contributed by atoms with E-state index in [-0.39, 0.29) is 5.82 Å². The van der Waals surface area contributed by atoms with Gasteiger partial charge in [-0.1, -0.05) is 26.7 Å². The molecule has 0 radical (unpaired) electrons. The minimum atomic E-state index is -0.120. The van der Waals surface area contributed by atoms with Crippen LogP contribution in [0, 0.1) is 11.7 Å². The molecule has 2 rings (SSSR count). The van der Waals surface area contributed by atoms with Crippen LogP contribution in [0.1, 0.15) is 44.7 Å². The molecular formula is C15H22FNS. The fourth-order valence-electron chi connectivity index (χ4n) is 2.46. The number of hydrogen-bond donors (Lipinski definition) is 1. The van der Waals surface area contributed by atoms with Gasteiger partial charge in [0.05, 0.1) is 0 Å². The molecule has 1 aromatic rings. The topological polar surface area (TPSA) is 12.0 Å². The number of rotatable bonds is 5. The Bertz CT molecular complexity index is 390. The third kappa shape index (κ3) is 3.27. The molecule has 0 bridgehead atoms. The molecule has 0 amide bonds. The summed E-state index contributed by atoms with van der Waals surface area (Å²) < 4.78 is 13.4. The van der Waals surface area contributed by atoms with Gasteiger partial charge in [0.2, 0.25) is 0 Å². The van der Waals surface area contributed by atoms with Gasteiger partial charge in [0.15, 0.2) is 0 Å². The molecular weight excluding hydrogens is 245 g/mol. The van der Waals surface area contributed by atoms with E-state index in [1.165, 1.54) is 17.7 Å². The van der Waals surface area contributed by atoms with Crippen molar-refractivity contribution >= 4 is 11.8 Å². The molecule has 1 nitrogen and oxygen atoms in total. The SMILES string of the molecule is CCC(CC)CNC1CCSc2ccc(F)cc21. The highest BCUT2D eigenvalue weighted by atomic mass is 32.2. The van der Waals surface area contributed by atoms with Gasteiger partial charge in [0.1, 0.15) is 5.82 Å². The number of benzene rings is 1. The highest BCUT2D eigenvalue weighted by Crippen LogP contribution is 2.36. The number of hydrogen-bond acceptors (Lipinski definition) is 2. The van der Waals surface area contributed by atoms with E-state index in [9.17, 15) is 4.39 Å². The van der Waals surface area contributed by atoms with Crippen molar-refractivity contribution in [2.45, 2.75) is 44.0 Å². The van der Waals surface area contributed by atoms with Crippen molar-refractivity contribution in [2.75, 3.05) is 12.3 Å². The number of halogens is 1. The Morgan fingerprint density at radius 3 is 2.89 bits per heavy atom. The molecule has 0 saturated heterocycles. The van der Waals surface area contributed by atoms with E-state index >= 15 is 0 Å². The van der Waals surface area contributed by atoms with E-state index in [0.717, 1.165) is 30.2 Å². The van der Waals surface area contributed by atoms with Crippen LogP contribution in [0.5, 0.6) is 0 Å². The zero-order valence-corrected chi connectivity index (χ0v) is 12.0. The Hall–Kier alpha value is -0.540. The highest BCUT2D eigenvalue weighted by molar-refractivity contribution is 7.99. The first-order valence-corrected chi connectivity index (χ1v) is 7.88. The maximum absolute atomic E-state index is 13.4. The van der Waals surface area contributed by atoms with Crippen LogP contribution in [0.25, 0.3) is 0 Å². The van der Waals surface area contributed by atoms with Crippen molar-refractivity contribution in [3.63, 3.8) is 0 Å². The molecule has 1 atom stereocenters. The minimum Gasteiger partial charge on any atom is -0.310 e. The van der Waals surface area contributed by atoms with Gasteiger partial charge in [-0.25, -0.2) is 4.39 Å². The summed E-state index contributed by atoms with van der Waals surface area (Å²) in [6.07, 6.45) is 3.52. The average Bonchev–Trinajstić information content (AvgIpc) is 2.40. The molecule has 0 saturated carbocycles. The molecule has 0 aliphatic carbocycles. The molecule has 1 aromatic carbocycles. The Morgan fingerprint density at radius 2 is 2.17 bits per heavy atom. The molecule has 1 N–H and O–H groups in total. The maximum atomic E-state index is 13.4. The number of nitrogens with one attached hydrogen (secondary N) is 1. The normalized spacial score (nSPS) is 19.0. The van der Waals surface area contributed by atoms with Crippen LogP contribution in [0.4, 0.5) is 4.39 Å². The molecule has 1 heterocycles. The van der Waals surface area contributed by atoms with E-state index in [1.807, 2.05) is 17.8 Å². The molecule has 0 aromatic heterocycles. The highest BCUT2D eigenvalue weighted by Gasteiger charge is 2.21. The molecule has 3 heteroatoms. The third-order valence-electron chi connectivity index (χ3n) is 3.82. The minimum absolute atomic E-state index is 0.120. The predicted octanol–water partition coefficient (Wildman–Crippen LogP) is 4.39. The Balaban J connectivity index is 2.05. The van der Waals surface area contributed by atoms with Crippen LogP contribution < -0.4 is 5.32 Å². The average molecular weight is 267 g/mol. The first-order valence-electron chi connectivity index (χ1n) is 6.90. The van der Waals surface area contributed by atoms with E-state index in [0.29, 0.717) is 6.04 Å². The van der Waals surface area contributed by atoms with Gasteiger partial charge in [-0.3, -0.25) is 0 Å². The van der Waals surface area contributed by atoms with Crippen molar-refractivity contribution < 1.29 is 4.39 Å². The van der Waals surface area contributed by atoms with E-state index in [4.69, 9.17) is 0 Å². The molecule has 1 aliphatic heterocycles. The van der Waals surface area contributed by atoms with Crippen LogP contribution in [0.15, 0.2) is 23.1 Å². The largest absolute Gasteiger partial charge is 0.310 e. The van der Waals surface area contributed by atoms with E-state index < -0.39 is 0 Å². The second-order valence-electron chi connectivity index (χ2n) is 4.96. The zero-order valence-electron chi connectivity index (χ0n) is 11.2. The summed E-state index contributed by atoms with van der Waals surface area (Å²) >= 11 is 1.84. The summed E-state index contributed by atoms with van der Waals surface area (Å²) in [7, 11) is 0. The van der Waals surface area contributed by atoms with Crippen LogP contribution in [0.3, 0.4) is 0 Å². The lowest BCUT2D eigenvalue weighted by Gasteiger charge is -2.27. The van der Waals surface area contributed by atoms with Crippen molar-refractivity contribution in [3.8, 4) is 0 Å². The smallest absolute Gasteiger partial charge is 0.123 e. The summed E-state index contributed by atoms with van der Waals surface area (Å²) in [5.74, 6) is 1.74. The summed E-state index contributed by atoms with van der Waals surface area (Å²) in [6.45, 7) is 5.51. The fraction of sp³-hybridized carbons (Fsp3) is 0.600. The second-order valence-corrected chi connectivity index (χ2v) is 6.10. The second kappa shape index (κ2) is 6.58. The first-order chi connectivity index (χ1) is 8.74. The lowest BCUT2D eigenvalue weighted by molar-refractivity contribution is 0.402. The summed E-state index contributed by atoms with van der Waals surface area (Å²) in [5.41, 5.74) is 1.15. The van der Waals surface area contributed by atoms with Gasteiger partial charge in [-0.15, -0.1) is 11.8 Å². The molecule has 0 spiro atoms. The maximum Gasteiger partial charge on any atom is 0.123 e. The Kier molecular flexibility index (Phi) is 5.07. The van der Waals surface area contributed by atoms with Crippen molar-refractivity contribution in [1.29, 1.82) is 0 Å². The van der Waals surface area contributed by atoms with Crippen LogP contribution in [0.2, 0.25) is 0 Å². The molecule has 18 heavy (non-hydrogen) atoms. The van der Waals surface area contributed by atoms with Crippen molar-refractivity contribution in [2.24, 2.45) is 5.92 Å². The molecule has 0 fully saturated rings. The predicted molar refractivity (Wildman–Crippen MR) is 76.6 cm³/mol. The Labute approximate surface area is 114 Å². The third-order valence-corrected chi connectivity index (χ3v) is 4.94. The zero-order chi connectivity index (χ0) is 13.0. The van der Waals surface area contributed by atoms with Gasteiger partial charge in [-0.05, 0) is 48.4 Å². The van der Waals surface area contributed by atoms with Crippen molar-refractivity contribution in [1.82, 2.24) is 5.32 Å². The lowest BCUT2D eigenvalue weighted by Crippen LogP contribution is -2.29. The van der Waals surface area contributed by atoms with Crippen LogP contribution >= 0.6 is 11.8 Å². The summed E-state index contributed by atoms with van der Waals surface area (Å²) in [6, 6.07) is 5.51. The quantitative estimate of drug-likeness (QED) is 0.849. The molecule has 100 valence electrons. The van der Waals surface area contributed by atoms with Gasteiger partial charge >= 0.3 is 0 Å². The van der Waals surface area contributed by atoms with Crippen LogP contribution in [-0.2, 0) is 0 Å². The Morgan fingerprint density at radius 1 is 1.39 bits per heavy atom. The standard InChI is InChI=1S/C15H22FNS/c1-3-11(4-2)10-17-14-7-8-18-15-6-5-12(16)9-13(14)15/h5-6,9,11,14,17H,3-4,7-8,10H2,1-2H3. The van der Waals surface area contributed by atoms with E-state index in [2.05, 4.69) is 19.2 Å². The van der Waals surface area contributed by atoms with E-state index in [1.54, 1.807) is 12.1 Å². The van der Waals surface area contributed by atoms with Gasteiger partial charge < -0.3 is 5.32 Å². The van der Waals surface area contributed by atoms with Crippen LogP contribution in [-0.4, -0.2) is 12.3 Å². The fourth-order valence-corrected chi connectivity index (χ4v) is 3.57. The first kappa shape index (κ1) is 13.9. The van der Waals surface area contributed by atoms with Gasteiger partial charge in [-0.2, -0.15) is 0 Å². The lowest BCUT2D eigenvalue weighted by atomic mass is 10.00. The van der Waals surface area contributed by atoms with Crippen molar-refractivity contribution in [3.05, 3.63) is 29.6 Å². The van der Waals surface area contributed by atoms with Gasteiger partial charge in [0.25, 0.3) is 0 Å². The molecule has 1 aliphatic rings. The number of fused-ring (bicyclic) bond motifs is 1. The number of thioether (sulfide) groups is 1. The van der Waals surface area contributed by atoms with Gasteiger partial charge in [0, 0.05) is 10.9 Å². The molecule has 1 unspecified atom stereocenters. The monoisotopic (exact) mass is 267 g/mol.